The maximum Gasteiger partial charge on any atom is -0.0809 e. The third-order valence-electron chi connectivity index (χ3n) is 5.12. The molecule has 168 valence electrons. The Morgan fingerprint density at radius 2 is 1.48 bits per heavy atom. The van der Waals surface area contributed by atoms with Crippen molar-refractivity contribution in [3.8, 4) is 11.1 Å². The second-order valence-electron chi connectivity index (χ2n) is 7.62. The molecule has 5 aromatic carbocycles. The molecule has 0 amide bonds. The molecule has 5 aromatic rings. The Balaban J connectivity index is 0.000000213. The van der Waals surface area contributed by atoms with Crippen LogP contribution in [0.3, 0.4) is 0 Å². The largest absolute Gasteiger partial charge is 0.168 e. The Bertz CT molecular complexity index is 1170. The minimum absolute atomic E-state index is 0.826. The van der Waals surface area contributed by atoms with E-state index in [0.717, 1.165) is 15.9 Å². The SMILES string of the molecule is CCc1ccc(-c2cccc3[cH-]c(C)cc23)cc1.C[Si]C.[Cl][Zr+2][Cl].c1ccc2[cH-]ccc2c1. The first-order chi connectivity index (χ1) is 16.1. The van der Waals surface area contributed by atoms with Crippen LogP contribution in [-0.4, -0.2) is 9.52 Å². The standard InChI is InChI=1S/C18H17.C9H7.C2H6Si.2ClH.Zr/c1-3-14-7-9-15(10-8-14)17-6-4-5-16-11-13(2)12-18(16)17;1-2-5-9-7-3-6-8(9)4-1;1-3-2;;;/h4-12H,3H2,1-2H3;1-7H;1-2H3;2*1H;/q2*-1;;;;+4/p-2. The maximum absolute atomic E-state index is 4.93. The van der Waals surface area contributed by atoms with E-state index in [1.165, 1.54) is 43.8 Å². The molecule has 0 saturated heterocycles. The minimum atomic E-state index is -0.826. The van der Waals surface area contributed by atoms with E-state index in [1.807, 2.05) is 0 Å². The second kappa shape index (κ2) is 15.5. The predicted molar refractivity (Wildman–Crippen MR) is 148 cm³/mol. The first kappa shape index (κ1) is 27.8. The van der Waals surface area contributed by atoms with Gasteiger partial charge in [0.25, 0.3) is 0 Å². The van der Waals surface area contributed by atoms with Gasteiger partial charge < -0.3 is 0 Å². The number of rotatable bonds is 2. The van der Waals surface area contributed by atoms with Crippen molar-refractivity contribution >= 4 is 48.1 Å². The van der Waals surface area contributed by atoms with Gasteiger partial charge in [-0.3, -0.25) is 0 Å². The van der Waals surface area contributed by atoms with Crippen LogP contribution in [0.4, 0.5) is 0 Å². The fourth-order valence-electron chi connectivity index (χ4n) is 3.63. The summed E-state index contributed by atoms with van der Waals surface area (Å²) in [6.07, 6.45) is 1.10. The van der Waals surface area contributed by atoms with Crippen LogP contribution in [-0.2, 0) is 27.3 Å². The van der Waals surface area contributed by atoms with Gasteiger partial charge in [0.15, 0.2) is 0 Å². The summed E-state index contributed by atoms with van der Waals surface area (Å²) < 4.78 is 0. The topological polar surface area (TPSA) is 0 Å². The first-order valence-corrected chi connectivity index (χ1v) is 19.3. The molecule has 0 heterocycles. The van der Waals surface area contributed by atoms with Crippen LogP contribution in [0.5, 0.6) is 0 Å². The van der Waals surface area contributed by atoms with Gasteiger partial charge in [-0.1, -0.05) is 68.9 Å². The number of fused-ring (bicyclic) bond motifs is 2. The van der Waals surface area contributed by atoms with Crippen molar-refractivity contribution in [3.63, 3.8) is 0 Å². The second-order valence-corrected chi connectivity index (χ2v) is 12.3. The summed E-state index contributed by atoms with van der Waals surface area (Å²) in [6, 6.07) is 34.7. The normalized spacial score (nSPS) is 9.64. The molecule has 5 rings (SSSR count). The van der Waals surface area contributed by atoms with Crippen molar-refractivity contribution in [2.24, 2.45) is 0 Å². The first-order valence-electron chi connectivity index (χ1n) is 11.0. The summed E-state index contributed by atoms with van der Waals surface area (Å²) in [6.45, 7) is 8.65. The molecule has 0 nitrogen and oxygen atoms in total. The van der Waals surface area contributed by atoms with Crippen LogP contribution < -0.4 is 0 Å². The molecule has 0 aliphatic carbocycles. The van der Waals surface area contributed by atoms with Crippen LogP contribution in [0, 0.1) is 6.92 Å². The molecule has 0 atom stereocenters. The number of benzene rings is 3. The molecular weight excluding hydrogens is 539 g/mol. The summed E-state index contributed by atoms with van der Waals surface area (Å²) >= 11 is -0.826. The van der Waals surface area contributed by atoms with Gasteiger partial charge in [0, 0.05) is 9.52 Å². The molecule has 33 heavy (non-hydrogen) atoms. The Morgan fingerprint density at radius 1 is 0.848 bits per heavy atom. The van der Waals surface area contributed by atoms with Gasteiger partial charge in [-0.25, -0.2) is 0 Å². The zero-order valence-corrected chi connectivity index (χ0v) is 24.7. The maximum atomic E-state index is 4.93. The van der Waals surface area contributed by atoms with E-state index in [4.69, 9.17) is 17.0 Å². The van der Waals surface area contributed by atoms with Gasteiger partial charge in [-0.05, 0) is 17.5 Å². The van der Waals surface area contributed by atoms with E-state index in [-0.39, 0.29) is 0 Å². The number of hydrogen-bond donors (Lipinski definition) is 0. The molecule has 0 spiro atoms. The Morgan fingerprint density at radius 3 is 2.12 bits per heavy atom. The number of halogens is 2. The van der Waals surface area contributed by atoms with Crippen molar-refractivity contribution in [1.82, 2.24) is 0 Å². The molecular formula is C29H30Cl2SiZr. The summed E-state index contributed by atoms with van der Waals surface area (Å²) in [5.41, 5.74) is 5.37. The molecule has 4 heteroatoms. The van der Waals surface area contributed by atoms with Crippen LogP contribution in [0.1, 0.15) is 18.1 Å². The average Bonchev–Trinajstić information content (AvgIpc) is 3.46. The molecule has 0 aliphatic heterocycles. The van der Waals surface area contributed by atoms with Gasteiger partial charge in [0.05, 0.1) is 0 Å². The van der Waals surface area contributed by atoms with Crippen molar-refractivity contribution in [3.05, 3.63) is 108 Å². The molecule has 0 saturated carbocycles. The molecule has 0 bridgehead atoms. The van der Waals surface area contributed by atoms with Gasteiger partial charge in [0.2, 0.25) is 0 Å². The smallest absolute Gasteiger partial charge is 0.0809 e. The van der Waals surface area contributed by atoms with E-state index in [1.54, 1.807) is 0 Å². The molecule has 0 fully saturated rings. The van der Waals surface area contributed by atoms with Crippen LogP contribution >= 0.6 is 17.0 Å². The number of hydrogen-bond acceptors (Lipinski definition) is 0. The van der Waals surface area contributed by atoms with E-state index >= 15 is 0 Å². The molecule has 0 N–H and O–H groups in total. The fraction of sp³-hybridized carbons (Fsp3) is 0.172. The van der Waals surface area contributed by atoms with Crippen LogP contribution in [0.15, 0.2) is 97.1 Å². The Kier molecular flexibility index (Phi) is 13.0. The van der Waals surface area contributed by atoms with Crippen molar-refractivity contribution < 1.29 is 20.8 Å². The molecule has 0 aromatic heterocycles. The van der Waals surface area contributed by atoms with Crippen molar-refractivity contribution in [1.29, 1.82) is 0 Å². The van der Waals surface area contributed by atoms with Gasteiger partial charge >= 0.3 is 37.9 Å². The zero-order valence-electron chi connectivity index (χ0n) is 19.7. The summed E-state index contributed by atoms with van der Waals surface area (Å²) in [5, 5.41) is 5.36. The van der Waals surface area contributed by atoms with Gasteiger partial charge in [-0.2, -0.15) is 23.6 Å². The summed E-state index contributed by atoms with van der Waals surface area (Å²) in [4.78, 5) is 0. The summed E-state index contributed by atoms with van der Waals surface area (Å²) in [5.74, 6) is 0. The Hall–Kier alpha value is -1.44. The molecule has 0 unspecified atom stereocenters. The van der Waals surface area contributed by atoms with E-state index in [9.17, 15) is 0 Å². The Labute approximate surface area is 220 Å². The predicted octanol–water partition coefficient (Wildman–Crippen LogP) is 9.82. The van der Waals surface area contributed by atoms with Gasteiger partial charge in [0.1, 0.15) is 0 Å². The third-order valence-corrected chi connectivity index (χ3v) is 5.12. The minimum Gasteiger partial charge on any atom is -0.168 e. The summed E-state index contributed by atoms with van der Waals surface area (Å²) in [7, 11) is 11.0. The van der Waals surface area contributed by atoms with Crippen LogP contribution in [0.25, 0.3) is 32.7 Å². The van der Waals surface area contributed by atoms with Crippen LogP contribution in [0.2, 0.25) is 13.1 Å². The average molecular weight is 569 g/mol. The monoisotopic (exact) mass is 566 g/mol. The molecule has 0 aliphatic rings. The fourth-order valence-corrected chi connectivity index (χ4v) is 3.63. The van der Waals surface area contributed by atoms with Crippen molar-refractivity contribution in [2.45, 2.75) is 33.4 Å². The van der Waals surface area contributed by atoms with E-state index in [2.05, 4.69) is 124 Å². The quantitative estimate of drug-likeness (QED) is 0.147. The molecule has 2 radical (unpaired) electrons. The third kappa shape index (κ3) is 8.69. The van der Waals surface area contributed by atoms with Crippen molar-refractivity contribution in [2.75, 3.05) is 0 Å². The van der Waals surface area contributed by atoms with E-state index < -0.39 is 20.8 Å². The van der Waals surface area contributed by atoms with Gasteiger partial charge in [-0.15, -0.1) is 64.2 Å². The zero-order chi connectivity index (χ0) is 24.1. The van der Waals surface area contributed by atoms with E-state index in [0.29, 0.717) is 0 Å². The number of aryl methyl sites for hydroxylation is 2.